The van der Waals surface area contributed by atoms with Crippen LogP contribution in [-0.4, -0.2) is 18.8 Å². The van der Waals surface area contributed by atoms with Gasteiger partial charge in [-0.1, -0.05) is 18.2 Å². The molecule has 1 aliphatic heterocycles. The molecule has 92 valence electrons. The fourth-order valence-electron chi connectivity index (χ4n) is 2.74. The Kier molecular flexibility index (Phi) is 2.68. The second-order valence-electron chi connectivity index (χ2n) is 5.18. The van der Waals surface area contributed by atoms with Crippen molar-refractivity contribution in [1.82, 2.24) is 5.32 Å². The molecule has 1 aromatic carbocycles. The van der Waals surface area contributed by atoms with E-state index in [1.807, 2.05) is 12.1 Å². The van der Waals surface area contributed by atoms with E-state index in [9.17, 15) is 4.39 Å². The predicted octanol–water partition coefficient (Wildman–Crippen LogP) is 2.58. The molecule has 17 heavy (non-hydrogen) atoms. The van der Waals surface area contributed by atoms with Crippen molar-refractivity contribution in [3.05, 3.63) is 35.6 Å². The Hall–Kier alpha value is -0.930. The van der Waals surface area contributed by atoms with Gasteiger partial charge < -0.3 is 10.1 Å². The van der Waals surface area contributed by atoms with Crippen LogP contribution in [0.25, 0.3) is 0 Å². The number of nitrogens with one attached hydrogen (secondary N) is 1. The average Bonchev–Trinajstić information content (AvgIpc) is 2.99. The largest absolute Gasteiger partial charge is 0.377 e. The minimum Gasteiger partial charge on any atom is -0.377 e. The Morgan fingerprint density at radius 2 is 2.12 bits per heavy atom. The summed E-state index contributed by atoms with van der Waals surface area (Å²) >= 11 is 0. The molecule has 0 spiro atoms. The molecule has 1 aromatic rings. The van der Waals surface area contributed by atoms with Crippen LogP contribution in [0.3, 0.4) is 0 Å². The van der Waals surface area contributed by atoms with Gasteiger partial charge in [0.2, 0.25) is 0 Å². The average molecular weight is 235 g/mol. The first-order valence-electron chi connectivity index (χ1n) is 6.36. The fraction of sp³-hybridized carbons (Fsp3) is 0.571. The molecule has 0 bridgehead atoms. The number of ether oxygens (including phenoxy) is 1. The molecule has 2 fully saturated rings. The molecule has 1 saturated carbocycles. The molecule has 0 aromatic heterocycles. The summed E-state index contributed by atoms with van der Waals surface area (Å²) < 4.78 is 19.4. The monoisotopic (exact) mass is 235 g/mol. The van der Waals surface area contributed by atoms with E-state index in [4.69, 9.17) is 4.74 Å². The van der Waals surface area contributed by atoms with E-state index in [-0.39, 0.29) is 17.5 Å². The number of hydrogen-bond acceptors (Lipinski definition) is 2. The highest BCUT2D eigenvalue weighted by Crippen LogP contribution is 2.47. The standard InChI is InChI=1S/C14H18FNO/c1-10-13(6-9-17-10)16-14(7-8-14)11-4-2-3-5-12(11)15/h2-5,10,13,16H,6-9H2,1H3/t10-,13+/m0/s1. The maximum Gasteiger partial charge on any atom is 0.128 e. The summed E-state index contributed by atoms with van der Waals surface area (Å²) in [5.74, 6) is -0.0935. The van der Waals surface area contributed by atoms with Crippen LogP contribution >= 0.6 is 0 Å². The quantitative estimate of drug-likeness (QED) is 0.869. The summed E-state index contributed by atoms with van der Waals surface area (Å²) in [6.45, 7) is 2.90. The molecule has 0 radical (unpaired) electrons. The normalized spacial score (nSPS) is 30.5. The van der Waals surface area contributed by atoms with Gasteiger partial charge in [0.05, 0.1) is 6.10 Å². The predicted molar refractivity (Wildman–Crippen MR) is 64.3 cm³/mol. The zero-order valence-electron chi connectivity index (χ0n) is 10.1. The van der Waals surface area contributed by atoms with E-state index >= 15 is 0 Å². The van der Waals surface area contributed by atoms with E-state index in [2.05, 4.69) is 12.2 Å². The Morgan fingerprint density at radius 3 is 2.71 bits per heavy atom. The zero-order valence-corrected chi connectivity index (χ0v) is 10.1. The van der Waals surface area contributed by atoms with Gasteiger partial charge in [0.1, 0.15) is 5.82 Å². The molecule has 1 heterocycles. The van der Waals surface area contributed by atoms with Crippen LogP contribution < -0.4 is 5.32 Å². The van der Waals surface area contributed by atoms with Gasteiger partial charge in [-0.2, -0.15) is 0 Å². The third kappa shape index (κ3) is 1.98. The van der Waals surface area contributed by atoms with Crippen molar-refractivity contribution in [2.24, 2.45) is 0 Å². The SMILES string of the molecule is C[C@@H]1OCC[C@H]1NC1(c2ccccc2F)CC1. The van der Waals surface area contributed by atoms with Gasteiger partial charge in [0, 0.05) is 23.8 Å². The highest BCUT2D eigenvalue weighted by molar-refractivity contribution is 5.31. The molecule has 0 unspecified atom stereocenters. The molecule has 1 saturated heterocycles. The van der Waals surface area contributed by atoms with Crippen molar-refractivity contribution in [3.8, 4) is 0 Å². The molecule has 0 amide bonds. The van der Waals surface area contributed by atoms with E-state index < -0.39 is 0 Å². The third-order valence-corrected chi connectivity index (χ3v) is 3.98. The van der Waals surface area contributed by atoms with Gasteiger partial charge in [-0.15, -0.1) is 0 Å². The summed E-state index contributed by atoms with van der Waals surface area (Å²) in [4.78, 5) is 0. The molecular weight excluding hydrogens is 217 g/mol. The van der Waals surface area contributed by atoms with E-state index in [1.165, 1.54) is 0 Å². The van der Waals surface area contributed by atoms with Crippen molar-refractivity contribution in [1.29, 1.82) is 0 Å². The number of hydrogen-bond donors (Lipinski definition) is 1. The van der Waals surface area contributed by atoms with Crippen molar-refractivity contribution in [2.75, 3.05) is 6.61 Å². The molecule has 3 heteroatoms. The first-order chi connectivity index (χ1) is 8.21. The minimum atomic E-state index is -0.127. The number of benzene rings is 1. The second-order valence-corrected chi connectivity index (χ2v) is 5.18. The Bertz CT molecular complexity index is 416. The maximum absolute atomic E-state index is 13.8. The highest BCUT2D eigenvalue weighted by Gasteiger charge is 2.48. The summed E-state index contributed by atoms with van der Waals surface area (Å²) in [6, 6.07) is 7.46. The Morgan fingerprint density at radius 1 is 1.35 bits per heavy atom. The lowest BCUT2D eigenvalue weighted by Crippen LogP contribution is -2.42. The highest BCUT2D eigenvalue weighted by atomic mass is 19.1. The van der Waals surface area contributed by atoms with Crippen molar-refractivity contribution < 1.29 is 9.13 Å². The van der Waals surface area contributed by atoms with E-state index in [1.54, 1.807) is 12.1 Å². The Balaban J connectivity index is 1.80. The molecular formula is C14H18FNO. The van der Waals surface area contributed by atoms with Crippen LogP contribution in [0.4, 0.5) is 4.39 Å². The lowest BCUT2D eigenvalue weighted by Gasteiger charge is -2.25. The number of rotatable bonds is 3. The molecule has 3 rings (SSSR count). The molecule has 2 aliphatic rings. The molecule has 2 atom stereocenters. The van der Waals surface area contributed by atoms with Crippen LogP contribution in [0, 0.1) is 5.82 Å². The van der Waals surface area contributed by atoms with Crippen molar-refractivity contribution in [3.63, 3.8) is 0 Å². The molecule has 2 nitrogen and oxygen atoms in total. The van der Waals surface area contributed by atoms with Crippen LogP contribution in [0.2, 0.25) is 0 Å². The van der Waals surface area contributed by atoms with Gasteiger partial charge in [0.15, 0.2) is 0 Å². The van der Waals surface area contributed by atoms with Gasteiger partial charge >= 0.3 is 0 Å². The summed E-state index contributed by atoms with van der Waals surface area (Å²) in [5.41, 5.74) is 0.692. The molecule has 1 N–H and O–H groups in total. The van der Waals surface area contributed by atoms with E-state index in [0.29, 0.717) is 6.04 Å². The fourth-order valence-corrected chi connectivity index (χ4v) is 2.74. The second kappa shape index (κ2) is 4.07. The van der Waals surface area contributed by atoms with Crippen LogP contribution in [0.15, 0.2) is 24.3 Å². The number of halogens is 1. The van der Waals surface area contributed by atoms with Crippen LogP contribution in [-0.2, 0) is 10.3 Å². The first kappa shape index (κ1) is 11.2. The minimum absolute atomic E-state index is 0.0935. The van der Waals surface area contributed by atoms with Crippen molar-refractivity contribution >= 4 is 0 Å². The first-order valence-corrected chi connectivity index (χ1v) is 6.36. The zero-order chi connectivity index (χ0) is 11.9. The van der Waals surface area contributed by atoms with Gasteiger partial charge in [-0.3, -0.25) is 0 Å². The van der Waals surface area contributed by atoms with E-state index in [0.717, 1.165) is 31.4 Å². The smallest absolute Gasteiger partial charge is 0.128 e. The lowest BCUT2D eigenvalue weighted by atomic mass is 10.0. The summed E-state index contributed by atoms with van der Waals surface area (Å²) in [7, 11) is 0. The van der Waals surface area contributed by atoms with Crippen molar-refractivity contribution in [2.45, 2.75) is 43.9 Å². The summed E-state index contributed by atoms with van der Waals surface area (Å²) in [5, 5.41) is 3.61. The van der Waals surface area contributed by atoms with Crippen LogP contribution in [0.1, 0.15) is 31.7 Å². The maximum atomic E-state index is 13.8. The third-order valence-electron chi connectivity index (χ3n) is 3.98. The lowest BCUT2D eigenvalue weighted by molar-refractivity contribution is 0.109. The summed E-state index contributed by atoms with van der Waals surface area (Å²) in [6.07, 6.45) is 3.31. The van der Waals surface area contributed by atoms with Crippen LogP contribution in [0.5, 0.6) is 0 Å². The van der Waals surface area contributed by atoms with Gasteiger partial charge in [-0.25, -0.2) is 4.39 Å². The Labute approximate surface area is 101 Å². The topological polar surface area (TPSA) is 21.3 Å². The van der Waals surface area contributed by atoms with Gasteiger partial charge in [0.25, 0.3) is 0 Å². The molecule has 1 aliphatic carbocycles. The van der Waals surface area contributed by atoms with Gasteiger partial charge in [-0.05, 0) is 32.3 Å².